The molecule has 3 aromatic rings. The Hall–Kier alpha value is -2.60. The molecule has 1 heterocycles. The molecule has 3 rings (SSSR count). The van der Waals surface area contributed by atoms with Crippen molar-refractivity contribution in [1.82, 2.24) is 4.57 Å². The van der Waals surface area contributed by atoms with Crippen molar-refractivity contribution in [2.24, 2.45) is 5.41 Å². The molecule has 1 aromatic heterocycles. The number of hydrogen-bond acceptors (Lipinski definition) is 3. The molecule has 0 aliphatic rings. The van der Waals surface area contributed by atoms with E-state index in [9.17, 15) is 13.2 Å². The fraction of sp³-hybridized carbons (Fsp3) is 0.286. The third-order valence-electron chi connectivity index (χ3n) is 4.36. The van der Waals surface area contributed by atoms with Crippen LogP contribution in [0.5, 0.6) is 0 Å². The van der Waals surface area contributed by atoms with Gasteiger partial charge in [-0.25, -0.2) is 8.42 Å². The summed E-state index contributed by atoms with van der Waals surface area (Å²) in [5.41, 5.74) is 2.26. The molecule has 0 aliphatic heterocycles. The summed E-state index contributed by atoms with van der Waals surface area (Å²) in [6.45, 7) is 9.31. The number of benzene rings is 2. The lowest BCUT2D eigenvalue weighted by molar-refractivity contribution is 0.0773. The molecule has 0 fully saturated rings. The van der Waals surface area contributed by atoms with E-state index in [2.05, 4.69) is 4.72 Å². The van der Waals surface area contributed by atoms with Crippen LogP contribution < -0.4 is 4.72 Å². The fourth-order valence-electron chi connectivity index (χ4n) is 2.96. The van der Waals surface area contributed by atoms with Gasteiger partial charge in [0.1, 0.15) is 0 Å². The van der Waals surface area contributed by atoms with Gasteiger partial charge in [0.2, 0.25) is 5.91 Å². The Morgan fingerprint density at radius 1 is 0.963 bits per heavy atom. The number of nitrogens with one attached hydrogen (secondary N) is 1. The molecule has 0 unspecified atom stereocenters. The average molecular weight is 385 g/mol. The van der Waals surface area contributed by atoms with Gasteiger partial charge in [-0.15, -0.1) is 0 Å². The third kappa shape index (κ3) is 3.76. The highest BCUT2D eigenvalue weighted by Crippen LogP contribution is 2.31. The molecule has 0 spiro atoms. The summed E-state index contributed by atoms with van der Waals surface area (Å²) >= 11 is 0. The van der Waals surface area contributed by atoms with Gasteiger partial charge in [0.25, 0.3) is 10.0 Å². The maximum absolute atomic E-state index is 12.9. The molecule has 0 radical (unpaired) electrons. The van der Waals surface area contributed by atoms with E-state index in [1.54, 1.807) is 36.5 Å². The summed E-state index contributed by atoms with van der Waals surface area (Å²) in [4.78, 5) is 13.0. The molecule has 0 atom stereocenters. The molecule has 0 saturated heterocycles. The van der Waals surface area contributed by atoms with Gasteiger partial charge >= 0.3 is 0 Å². The molecule has 1 N–H and O–H groups in total. The van der Waals surface area contributed by atoms with E-state index in [0.29, 0.717) is 11.2 Å². The summed E-state index contributed by atoms with van der Waals surface area (Å²) in [7, 11) is -3.77. The Balaban J connectivity index is 2.15. The normalized spacial score (nSPS) is 12.3. The zero-order chi connectivity index (χ0) is 20.0. The Morgan fingerprint density at radius 3 is 2.19 bits per heavy atom. The van der Waals surface area contributed by atoms with Gasteiger partial charge in [0, 0.05) is 17.0 Å². The highest BCUT2D eigenvalue weighted by Gasteiger charge is 2.26. The number of aryl methyl sites for hydroxylation is 2. The van der Waals surface area contributed by atoms with Crippen molar-refractivity contribution in [2.45, 2.75) is 39.5 Å². The lowest BCUT2D eigenvalue weighted by Gasteiger charge is -2.19. The molecule has 0 saturated carbocycles. The van der Waals surface area contributed by atoms with Crippen molar-refractivity contribution in [3.63, 3.8) is 0 Å². The zero-order valence-electron chi connectivity index (χ0n) is 16.2. The smallest absolute Gasteiger partial charge is 0.261 e. The lowest BCUT2D eigenvalue weighted by Crippen LogP contribution is -2.26. The van der Waals surface area contributed by atoms with Crippen LogP contribution in [0.15, 0.2) is 53.6 Å². The Labute approximate surface area is 160 Å². The molecule has 27 heavy (non-hydrogen) atoms. The second kappa shape index (κ2) is 6.53. The summed E-state index contributed by atoms with van der Waals surface area (Å²) in [5, 5.41) is 0.814. The number of anilines is 1. The average Bonchev–Trinajstić information content (AvgIpc) is 2.97. The molecule has 2 aromatic carbocycles. The lowest BCUT2D eigenvalue weighted by atomic mass is 9.95. The number of rotatable bonds is 3. The second-order valence-electron chi connectivity index (χ2n) is 7.91. The van der Waals surface area contributed by atoms with Crippen LogP contribution in [-0.4, -0.2) is 18.9 Å². The van der Waals surface area contributed by atoms with Gasteiger partial charge in [-0.1, -0.05) is 38.5 Å². The minimum Gasteiger partial charge on any atom is -0.285 e. The van der Waals surface area contributed by atoms with E-state index in [1.165, 1.54) is 4.57 Å². The standard InChI is InChI=1S/C21H24N2O3S/c1-14-6-8-17(9-7-14)27(25,26)22-18-13-15(2)12-16-10-11-23(19(16)18)20(24)21(3,4)5/h6-13,22H,1-5H3. The molecule has 0 bridgehead atoms. The van der Waals surface area contributed by atoms with Crippen LogP contribution in [0.4, 0.5) is 5.69 Å². The van der Waals surface area contributed by atoms with Crippen LogP contribution in [0.25, 0.3) is 10.9 Å². The van der Waals surface area contributed by atoms with Crippen LogP contribution in [-0.2, 0) is 10.0 Å². The first-order valence-corrected chi connectivity index (χ1v) is 10.2. The molecule has 142 valence electrons. The molecule has 0 aliphatic carbocycles. The number of aromatic nitrogens is 1. The van der Waals surface area contributed by atoms with Gasteiger partial charge in [-0.05, 0) is 49.7 Å². The molecule has 0 amide bonds. The van der Waals surface area contributed by atoms with E-state index in [-0.39, 0.29) is 10.8 Å². The Bertz CT molecular complexity index is 1120. The first-order chi connectivity index (χ1) is 12.5. The zero-order valence-corrected chi connectivity index (χ0v) is 17.0. The highest BCUT2D eigenvalue weighted by atomic mass is 32.2. The van der Waals surface area contributed by atoms with Crippen molar-refractivity contribution in [2.75, 3.05) is 4.72 Å². The predicted molar refractivity (Wildman–Crippen MR) is 109 cm³/mol. The van der Waals surface area contributed by atoms with Crippen LogP contribution in [0.3, 0.4) is 0 Å². The third-order valence-corrected chi connectivity index (χ3v) is 5.75. The quantitative estimate of drug-likeness (QED) is 0.709. The topological polar surface area (TPSA) is 68.2 Å². The largest absolute Gasteiger partial charge is 0.285 e. The van der Waals surface area contributed by atoms with E-state index in [0.717, 1.165) is 16.5 Å². The first-order valence-electron chi connectivity index (χ1n) is 8.75. The van der Waals surface area contributed by atoms with Crippen LogP contribution >= 0.6 is 0 Å². The van der Waals surface area contributed by atoms with Crippen LogP contribution in [0, 0.1) is 19.3 Å². The first kappa shape index (κ1) is 19.2. The summed E-state index contributed by atoms with van der Waals surface area (Å²) in [6.07, 6.45) is 1.70. The molecular formula is C21H24N2O3S. The minimum absolute atomic E-state index is 0.0999. The number of nitrogens with zero attached hydrogens (tertiary/aromatic N) is 1. The fourth-order valence-corrected chi connectivity index (χ4v) is 4.02. The van der Waals surface area contributed by atoms with Gasteiger partial charge in [-0.2, -0.15) is 0 Å². The number of fused-ring (bicyclic) bond motifs is 1. The van der Waals surface area contributed by atoms with Gasteiger partial charge in [-0.3, -0.25) is 14.1 Å². The van der Waals surface area contributed by atoms with Crippen molar-refractivity contribution in [3.8, 4) is 0 Å². The number of sulfonamides is 1. The van der Waals surface area contributed by atoms with Crippen LogP contribution in [0.2, 0.25) is 0 Å². The minimum atomic E-state index is -3.77. The number of carbonyl (C=O) groups is 1. The van der Waals surface area contributed by atoms with Gasteiger partial charge in [0.15, 0.2) is 0 Å². The van der Waals surface area contributed by atoms with E-state index in [1.807, 2.05) is 46.8 Å². The SMILES string of the molecule is Cc1ccc(S(=O)(=O)Nc2cc(C)cc3ccn(C(=O)C(C)(C)C)c23)cc1. The predicted octanol–water partition coefficient (Wildman–Crippen LogP) is 4.75. The van der Waals surface area contributed by atoms with Gasteiger partial charge in [0.05, 0.1) is 16.1 Å². The van der Waals surface area contributed by atoms with Crippen molar-refractivity contribution in [3.05, 3.63) is 59.8 Å². The summed E-state index contributed by atoms with van der Waals surface area (Å²) in [6, 6.07) is 12.2. The van der Waals surface area contributed by atoms with E-state index < -0.39 is 15.4 Å². The summed E-state index contributed by atoms with van der Waals surface area (Å²) < 4.78 is 29.9. The monoisotopic (exact) mass is 384 g/mol. The number of hydrogen-bond donors (Lipinski definition) is 1. The number of carbonyl (C=O) groups excluding carboxylic acids is 1. The highest BCUT2D eigenvalue weighted by molar-refractivity contribution is 7.92. The van der Waals surface area contributed by atoms with Crippen molar-refractivity contribution >= 4 is 32.5 Å². The van der Waals surface area contributed by atoms with Crippen LogP contribution in [0.1, 0.15) is 36.7 Å². The summed E-state index contributed by atoms with van der Waals surface area (Å²) in [5.74, 6) is -0.0999. The second-order valence-corrected chi connectivity index (χ2v) is 9.59. The molecule has 6 heteroatoms. The van der Waals surface area contributed by atoms with Crippen molar-refractivity contribution in [1.29, 1.82) is 0 Å². The Kier molecular flexibility index (Phi) is 4.64. The molecular weight excluding hydrogens is 360 g/mol. The maximum atomic E-state index is 12.9. The van der Waals surface area contributed by atoms with Crippen molar-refractivity contribution < 1.29 is 13.2 Å². The van der Waals surface area contributed by atoms with Gasteiger partial charge < -0.3 is 0 Å². The molecule has 5 nitrogen and oxygen atoms in total. The van der Waals surface area contributed by atoms with E-state index in [4.69, 9.17) is 0 Å². The Morgan fingerprint density at radius 2 is 1.59 bits per heavy atom. The maximum Gasteiger partial charge on any atom is 0.261 e. The van der Waals surface area contributed by atoms with E-state index >= 15 is 0 Å².